The molecular weight excluding hydrogens is 268 g/mol. The molecule has 114 valence electrons. The van der Waals surface area contributed by atoms with E-state index in [2.05, 4.69) is 5.32 Å². The minimum atomic E-state index is -0.138. The summed E-state index contributed by atoms with van der Waals surface area (Å²) in [6.45, 7) is -0.0687. The van der Waals surface area contributed by atoms with Gasteiger partial charge in [-0.15, -0.1) is 0 Å². The molecule has 0 spiro atoms. The van der Waals surface area contributed by atoms with E-state index in [0.29, 0.717) is 11.3 Å². The van der Waals surface area contributed by atoms with Crippen LogP contribution in [0.25, 0.3) is 0 Å². The highest BCUT2D eigenvalue weighted by molar-refractivity contribution is 5.97. The van der Waals surface area contributed by atoms with Gasteiger partial charge in [0, 0.05) is 20.1 Å². The van der Waals surface area contributed by atoms with E-state index in [9.17, 15) is 9.59 Å². The van der Waals surface area contributed by atoms with Crippen LogP contribution in [0.1, 0.15) is 36.0 Å². The fraction of sp³-hybridized carbons (Fsp3) is 0.500. The Morgan fingerprint density at radius 3 is 2.57 bits per heavy atom. The standard InChI is InChI=1S/C16H22N2O3/c1-18(2)15(19)11-21-14-10-6-5-9-13(14)16(20)17-12-7-3-4-8-12/h5-6,9-10,12H,3-4,7-8,11H2,1-2H3,(H,17,20). The molecule has 1 aliphatic carbocycles. The summed E-state index contributed by atoms with van der Waals surface area (Å²) >= 11 is 0. The van der Waals surface area contributed by atoms with Crippen LogP contribution in [-0.2, 0) is 4.79 Å². The van der Waals surface area contributed by atoms with Gasteiger partial charge in [0.05, 0.1) is 5.56 Å². The van der Waals surface area contributed by atoms with Gasteiger partial charge < -0.3 is 15.0 Å². The van der Waals surface area contributed by atoms with Gasteiger partial charge in [-0.2, -0.15) is 0 Å². The molecule has 1 N–H and O–H groups in total. The first-order valence-electron chi connectivity index (χ1n) is 7.31. The topological polar surface area (TPSA) is 58.6 Å². The van der Waals surface area contributed by atoms with Crippen LogP contribution in [0.3, 0.4) is 0 Å². The van der Waals surface area contributed by atoms with Gasteiger partial charge in [0.15, 0.2) is 6.61 Å². The lowest BCUT2D eigenvalue weighted by Crippen LogP contribution is -2.33. The third kappa shape index (κ3) is 4.21. The summed E-state index contributed by atoms with van der Waals surface area (Å²) in [6, 6.07) is 7.28. The van der Waals surface area contributed by atoms with Crippen LogP contribution in [0.5, 0.6) is 5.75 Å². The van der Waals surface area contributed by atoms with Crippen LogP contribution in [0.15, 0.2) is 24.3 Å². The summed E-state index contributed by atoms with van der Waals surface area (Å²) in [6.07, 6.45) is 4.41. The van der Waals surface area contributed by atoms with E-state index < -0.39 is 0 Å². The molecule has 0 saturated heterocycles. The molecule has 21 heavy (non-hydrogen) atoms. The fourth-order valence-corrected chi connectivity index (χ4v) is 2.38. The molecule has 2 rings (SSSR count). The van der Waals surface area contributed by atoms with E-state index in [1.807, 2.05) is 0 Å². The van der Waals surface area contributed by atoms with E-state index in [4.69, 9.17) is 4.74 Å². The second kappa shape index (κ2) is 7.11. The van der Waals surface area contributed by atoms with Crippen LogP contribution < -0.4 is 10.1 Å². The second-order valence-electron chi connectivity index (χ2n) is 5.53. The fourth-order valence-electron chi connectivity index (χ4n) is 2.38. The third-order valence-electron chi connectivity index (χ3n) is 3.67. The van der Waals surface area contributed by atoms with Gasteiger partial charge in [-0.1, -0.05) is 25.0 Å². The zero-order valence-electron chi connectivity index (χ0n) is 12.6. The summed E-state index contributed by atoms with van der Waals surface area (Å²) in [7, 11) is 3.34. The Morgan fingerprint density at radius 1 is 1.24 bits per heavy atom. The van der Waals surface area contributed by atoms with E-state index >= 15 is 0 Å². The summed E-state index contributed by atoms with van der Waals surface area (Å²) in [5, 5.41) is 3.03. The van der Waals surface area contributed by atoms with Crippen molar-refractivity contribution < 1.29 is 14.3 Å². The third-order valence-corrected chi connectivity index (χ3v) is 3.67. The number of para-hydroxylation sites is 1. The number of carbonyl (C=O) groups excluding carboxylic acids is 2. The van der Waals surface area contributed by atoms with Crippen molar-refractivity contribution in [2.24, 2.45) is 0 Å². The summed E-state index contributed by atoms with van der Waals surface area (Å²) in [5.41, 5.74) is 0.482. The molecule has 0 atom stereocenters. The molecule has 1 aliphatic rings. The van der Waals surface area contributed by atoms with Gasteiger partial charge in [0.2, 0.25) is 0 Å². The molecule has 1 aromatic carbocycles. The highest BCUT2D eigenvalue weighted by Crippen LogP contribution is 2.21. The first-order valence-corrected chi connectivity index (χ1v) is 7.31. The number of nitrogens with one attached hydrogen (secondary N) is 1. The number of rotatable bonds is 5. The van der Waals surface area contributed by atoms with Crippen LogP contribution in [0.4, 0.5) is 0 Å². The van der Waals surface area contributed by atoms with Gasteiger partial charge in [0.25, 0.3) is 11.8 Å². The van der Waals surface area contributed by atoms with Crippen molar-refractivity contribution in [3.05, 3.63) is 29.8 Å². The number of hydrogen-bond donors (Lipinski definition) is 1. The monoisotopic (exact) mass is 290 g/mol. The number of carbonyl (C=O) groups is 2. The Balaban J connectivity index is 2.01. The molecular formula is C16H22N2O3. The molecule has 0 heterocycles. The van der Waals surface area contributed by atoms with Crippen molar-refractivity contribution in [3.63, 3.8) is 0 Å². The highest BCUT2D eigenvalue weighted by atomic mass is 16.5. The molecule has 5 nitrogen and oxygen atoms in total. The second-order valence-corrected chi connectivity index (χ2v) is 5.53. The van der Waals surface area contributed by atoms with Crippen molar-refractivity contribution in [1.29, 1.82) is 0 Å². The largest absolute Gasteiger partial charge is 0.483 e. The van der Waals surface area contributed by atoms with Crippen molar-refractivity contribution in [1.82, 2.24) is 10.2 Å². The Bertz CT molecular complexity index is 508. The first-order chi connectivity index (χ1) is 10.1. The number of benzene rings is 1. The average molecular weight is 290 g/mol. The molecule has 1 saturated carbocycles. The van der Waals surface area contributed by atoms with Gasteiger partial charge in [-0.25, -0.2) is 0 Å². The molecule has 0 bridgehead atoms. The predicted octanol–water partition coefficient (Wildman–Crippen LogP) is 1.83. The molecule has 2 amide bonds. The molecule has 5 heteroatoms. The lowest BCUT2D eigenvalue weighted by atomic mass is 10.1. The van der Waals surface area contributed by atoms with E-state index in [-0.39, 0.29) is 24.5 Å². The smallest absolute Gasteiger partial charge is 0.259 e. The quantitative estimate of drug-likeness (QED) is 0.900. The molecule has 0 aliphatic heterocycles. The SMILES string of the molecule is CN(C)C(=O)COc1ccccc1C(=O)NC1CCCC1. The summed E-state index contributed by atoms with van der Waals surface area (Å²) in [4.78, 5) is 25.3. The summed E-state index contributed by atoms with van der Waals surface area (Å²) < 4.78 is 5.49. The van der Waals surface area contributed by atoms with E-state index in [1.54, 1.807) is 38.4 Å². The van der Waals surface area contributed by atoms with Crippen molar-refractivity contribution in [3.8, 4) is 5.75 Å². The number of hydrogen-bond acceptors (Lipinski definition) is 3. The Kier molecular flexibility index (Phi) is 5.20. The maximum atomic E-state index is 12.3. The normalized spacial score (nSPS) is 14.8. The zero-order chi connectivity index (χ0) is 15.2. The van der Waals surface area contributed by atoms with E-state index in [0.717, 1.165) is 12.8 Å². The van der Waals surface area contributed by atoms with E-state index in [1.165, 1.54) is 17.7 Å². The Labute approximate surface area is 125 Å². The first kappa shape index (κ1) is 15.4. The Hall–Kier alpha value is -2.04. The Morgan fingerprint density at radius 2 is 1.90 bits per heavy atom. The van der Waals surface area contributed by atoms with Crippen LogP contribution in [0.2, 0.25) is 0 Å². The van der Waals surface area contributed by atoms with Crippen LogP contribution >= 0.6 is 0 Å². The van der Waals surface area contributed by atoms with Crippen LogP contribution in [0, 0.1) is 0 Å². The lowest BCUT2D eigenvalue weighted by molar-refractivity contribution is -0.130. The number of amides is 2. The van der Waals surface area contributed by atoms with Crippen molar-refractivity contribution in [2.75, 3.05) is 20.7 Å². The number of likely N-dealkylation sites (N-methyl/N-ethyl adjacent to an activating group) is 1. The highest BCUT2D eigenvalue weighted by Gasteiger charge is 2.20. The van der Waals surface area contributed by atoms with Crippen LogP contribution in [-0.4, -0.2) is 43.5 Å². The maximum absolute atomic E-state index is 12.3. The van der Waals surface area contributed by atoms with Gasteiger partial charge >= 0.3 is 0 Å². The van der Waals surface area contributed by atoms with Gasteiger partial charge in [-0.3, -0.25) is 9.59 Å². The average Bonchev–Trinajstić information content (AvgIpc) is 2.97. The predicted molar refractivity (Wildman–Crippen MR) is 80.4 cm³/mol. The molecule has 0 unspecified atom stereocenters. The minimum absolute atomic E-state index is 0.0687. The van der Waals surface area contributed by atoms with Crippen molar-refractivity contribution in [2.45, 2.75) is 31.7 Å². The summed E-state index contributed by atoms with van der Waals surface area (Å²) in [5.74, 6) is 0.180. The van der Waals surface area contributed by atoms with Gasteiger partial charge in [-0.05, 0) is 25.0 Å². The molecule has 0 radical (unpaired) electrons. The minimum Gasteiger partial charge on any atom is -0.483 e. The zero-order valence-corrected chi connectivity index (χ0v) is 12.6. The number of nitrogens with zero attached hydrogens (tertiary/aromatic N) is 1. The molecule has 1 aromatic rings. The maximum Gasteiger partial charge on any atom is 0.259 e. The van der Waals surface area contributed by atoms with Crippen molar-refractivity contribution >= 4 is 11.8 Å². The lowest BCUT2D eigenvalue weighted by Gasteiger charge is -2.16. The number of ether oxygens (including phenoxy) is 1. The van der Waals surface area contributed by atoms with Gasteiger partial charge in [0.1, 0.15) is 5.75 Å². The molecule has 1 fully saturated rings. The molecule has 0 aromatic heterocycles.